The zero-order chi connectivity index (χ0) is 18.5. The first-order valence-corrected chi connectivity index (χ1v) is 9.19. The summed E-state index contributed by atoms with van der Waals surface area (Å²) in [4.78, 5) is 12.3. The molecule has 5 rings (SSSR count). The van der Waals surface area contributed by atoms with E-state index in [-0.39, 0.29) is 18.2 Å². The molecule has 0 aromatic heterocycles. The van der Waals surface area contributed by atoms with E-state index in [1.54, 1.807) is 0 Å². The van der Waals surface area contributed by atoms with Crippen LogP contribution in [0, 0.1) is 29.5 Å². The van der Waals surface area contributed by atoms with Crippen molar-refractivity contribution in [3.8, 4) is 0 Å². The van der Waals surface area contributed by atoms with E-state index in [0.29, 0.717) is 17.9 Å². The number of carbonyl (C=O) groups excluding carboxylic acids is 1. The Hall–Kier alpha value is -1.79. The van der Waals surface area contributed by atoms with E-state index in [2.05, 4.69) is 10.6 Å². The van der Waals surface area contributed by atoms with Crippen molar-refractivity contribution in [1.29, 1.82) is 0 Å². The van der Waals surface area contributed by atoms with Gasteiger partial charge in [-0.2, -0.15) is 13.2 Å². The number of rotatable bonds is 3. The Kier molecular flexibility index (Phi) is 4.35. The summed E-state index contributed by atoms with van der Waals surface area (Å²) in [6.07, 6.45) is 1.25. The van der Waals surface area contributed by atoms with Gasteiger partial charge in [0.05, 0.1) is 5.56 Å². The third-order valence-electron chi connectivity index (χ3n) is 6.34. The Morgan fingerprint density at radius 1 is 1.04 bits per heavy atom. The average Bonchev–Trinajstić information content (AvgIpc) is 2.55. The van der Waals surface area contributed by atoms with E-state index in [1.165, 1.54) is 6.42 Å². The van der Waals surface area contributed by atoms with Crippen LogP contribution in [0.25, 0.3) is 0 Å². The Labute approximate surface area is 149 Å². The number of benzene rings is 1. The van der Waals surface area contributed by atoms with Crippen molar-refractivity contribution in [2.45, 2.75) is 50.9 Å². The zero-order valence-electron chi connectivity index (χ0n) is 14.3. The molecule has 0 aliphatic heterocycles. The lowest BCUT2D eigenvalue weighted by molar-refractivity contribution is -0.138. The lowest BCUT2D eigenvalue weighted by atomic mass is 9.54. The molecule has 4 aliphatic carbocycles. The van der Waals surface area contributed by atoms with E-state index >= 15 is 0 Å². The Morgan fingerprint density at radius 2 is 1.65 bits per heavy atom. The highest BCUT2D eigenvalue weighted by molar-refractivity contribution is 5.74. The molecule has 26 heavy (non-hydrogen) atoms. The summed E-state index contributed by atoms with van der Waals surface area (Å²) >= 11 is 0. The van der Waals surface area contributed by atoms with Gasteiger partial charge in [0, 0.05) is 12.6 Å². The molecule has 4 bridgehead atoms. The van der Waals surface area contributed by atoms with E-state index in [0.717, 1.165) is 49.7 Å². The molecule has 0 saturated heterocycles. The van der Waals surface area contributed by atoms with Crippen LogP contribution in [0.15, 0.2) is 18.2 Å². The van der Waals surface area contributed by atoms with E-state index in [4.69, 9.17) is 0 Å². The summed E-state index contributed by atoms with van der Waals surface area (Å²) in [5.74, 6) is 1.61. The van der Waals surface area contributed by atoms with Crippen molar-refractivity contribution in [3.63, 3.8) is 0 Å². The molecule has 0 heterocycles. The maximum absolute atomic E-state index is 13.2. The lowest BCUT2D eigenvalue weighted by Gasteiger charge is -2.54. The number of alkyl halides is 3. The quantitative estimate of drug-likeness (QED) is 0.758. The molecule has 4 fully saturated rings. The molecule has 2 amide bonds. The molecule has 0 spiro atoms. The second-order valence-electron chi connectivity index (χ2n) is 8.08. The second kappa shape index (κ2) is 6.43. The number of hydrogen-bond donors (Lipinski definition) is 2. The lowest BCUT2D eigenvalue weighted by Crippen LogP contribution is -2.57. The maximum Gasteiger partial charge on any atom is 0.416 e. The van der Waals surface area contributed by atoms with Crippen molar-refractivity contribution in [3.05, 3.63) is 35.1 Å². The van der Waals surface area contributed by atoms with Crippen LogP contribution in [0.5, 0.6) is 0 Å². The summed E-state index contributed by atoms with van der Waals surface area (Å²) in [7, 11) is 0. The zero-order valence-corrected chi connectivity index (χ0v) is 14.3. The largest absolute Gasteiger partial charge is 0.416 e. The highest BCUT2D eigenvalue weighted by atomic mass is 19.4. The SMILES string of the molecule is O=C(NCc1ccc(F)cc1C(F)(F)F)NC1C2CC3CC(C2)CC1C3. The van der Waals surface area contributed by atoms with Crippen molar-refractivity contribution >= 4 is 6.03 Å². The van der Waals surface area contributed by atoms with Gasteiger partial charge in [0.25, 0.3) is 0 Å². The van der Waals surface area contributed by atoms with Crippen LogP contribution in [0.3, 0.4) is 0 Å². The van der Waals surface area contributed by atoms with Gasteiger partial charge in [-0.25, -0.2) is 9.18 Å². The minimum atomic E-state index is -4.66. The van der Waals surface area contributed by atoms with Crippen LogP contribution in [-0.2, 0) is 12.7 Å². The number of urea groups is 1. The van der Waals surface area contributed by atoms with Crippen LogP contribution in [0.4, 0.5) is 22.4 Å². The fourth-order valence-corrected chi connectivity index (χ4v) is 5.51. The highest BCUT2D eigenvalue weighted by Gasteiger charge is 2.48. The van der Waals surface area contributed by atoms with E-state index in [1.807, 2.05) is 0 Å². The van der Waals surface area contributed by atoms with Crippen molar-refractivity contribution < 1.29 is 22.4 Å². The second-order valence-corrected chi connectivity index (χ2v) is 8.08. The molecule has 3 nitrogen and oxygen atoms in total. The number of amides is 2. The fraction of sp³-hybridized carbons (Fsp3) is 0.632. The first-order chi connectivity index (χ1) is 12.3. The Balaban J connectivity index is 1.38. The molecule has 0 unspecified atom stereocenters. The molecule has 0 atom stereocenters. The third kappa shape index (κ3) is 3.40. The van der Waals surface area contributed by atoms with Gasteiger partial charge in [0.15, 0.2) is 0 Å². The molecule has 4 saturated carbocycles. The molecule has 0 radical (unpaired) electrons. The van der Waals surface area contributed by atoms with Gasteiger partial charge >= 0.3 is 12.2 Å². The summed E-state index contributed by atoms with van der Waals surface area (Å²) in [6.45, 7) is -0.283. The molecule has 7 heteroatoms. The van der Waals surface area contributed by atoms with Crippen LogP contribution in [0.2, 0.25) is 0 Å². The minimum absolute atomic E-state index is 0.123. The van der Waals surface area contributed by atoms with Gasteiger partial charge in [0.2, 0.25) is 0 Å². The van der Waals surface area contributed by atoms with Gasteiger partial charge < -0.3 is 10.6 Å². The van der Waals surface area contributed by atoms with Gasteiger partial charge in [-0.05, 0) is 73.5 Å². The van der Waals surface area contributed by atoms with E-state index < -0.39 is 23.6 Å². The molecule has 142 valence electrons. The predicted molar refractivity (Wildman–Crippen MR) is 87.6 cm³/mol. The van der Waals surface area contributed by atoms with Gasteiger partial charge in [0.1, 0.15) is 5.82 Å². The average molecular weight is 370 g/mol. The Morgan fingerprint density at radius 3 is 2.23 bits per heavy atom. The van der Waals surface area contributed by atoms with Gasteiger partial charge in [-0.3, -0.25) is 0 Å². The van der Waals surface area contributed by atoms with Crippen molar-refractivity contribution in [2.75, 3.05) is 0 Å². The molecular formula is C19H22F4N2O. The highest BCUT2D eigenvalue weighted by Crippen LogP contribution is 2.53. The summed E-state index contributed by atoms with van der Waals surface area (Å²) in [5.41, 5.74) is -1.19. The van der Waals surface area contributed by atoms with Gasteiger partial charge in [-0.15, -0.1) is 0 Å². The minimum Gasteiger partial charge on any atom is -0.335 e. The van der Waals surface area contributed by atoms with Gasteiger partial charge in [-0.1, -0.05) is 6.07 Å². The molecule has 2 N–H and O–H groups in total. The number of carbonyl (C=O) groups is 1. The molecule has 1 aromatic carbocycles. The number of halogens is 4. The first-order valence-electron chi connectivity index (χ1n) is 9.19. The molecular weight excluding hydrogens is 348 g/mol. The topological polar surface area (TPSA) is 41.1 Å². The summed E-state index contributed by atoms with van der Waals surface area (Å²) in [5, 5.41) is 5.51. The molecule has 4 aliphatic rings. The monoisotopic (exact) mass is 370 g/mol. The van der Waals surface area contributed by atoms with Crippen LogP contribution in [0.1, 0.15) is 43.2 Å². The predicted octanol–water partition coefficient (Wildman–Crippen LogP) is 4.47. The maximum atomic E-state index is 13.2. The summed E-state index contributed by atoms with van der Waals surface area (Å²) in [6, 6.07) is 2.19. The van der Waals surface area contributed by atoms with Crippen LogP contribution < -0.4 is 10.6 Å². The Bertz CT molecular complexity index is 675. The van der Waals surface area contributed by atoms with Crippen LogP contribution >= 0.6 is 0 Å². The first kappa shape index (κ1) is 17.6. The summed E-state index contributed by atoms with van der Waals surface area (Å²) < 4.78 is 52.2. The van der Waals surface area contributed by atoms with Crippen molar-refractivity contribution in [2.24, 2.45) is 23.7 Å². The molecule has 1 aromatic rings. The van der Waals surface area contributed by atoms with Crippen molar-refractivity contribution in [1.82, 2.24) is 10.6 Å². The fourth-order valence-electron chi connectivity index (χ4n) is 5.51. The standard InChI is InChI=1S/C19H22F4N2O/c20-15-2-1-12(16(8-15)19(21,22)23)9-24-18(26)25-17-13-4-10-3-11(6-13)7-14(17)5-10/h1-2,8,10-11,13-14,17H,3-7,9H2,(H2,24,25,26). The van der Waals surface area contributed by atoms with Crippen LogP contribution in [-0.4, -0.2) is 12.1 Å². The normalized spacial score (nSPS) is 32.5. The van der Waals surface area contributed by atoms with E-state index in [9.17, 15) is 22.4 Å². The third-order valence-corrected chi connectivity index (χ3v) is 6.34. The number of hydrogen-bond acceptors (Lipinski definition) is 1. The smallest absolute Gasteiger partial charge is 0.335 e. The number of nitrogens with one attached hydrogen (secondary N) is 2.